The van der Waals surface area contributed by atoms with E-state index in [0.29, 0.717) is 11.6 Å². The van der Waals surface area contributed by atoms with Crippen LogP contribution < -0.4 is 5.32 Å². The Hall–Kier alpha value is -1.74. The molecule has 2 rings (SSSR count). The fourth-order valence-corrected chi connectivity index (χ4v) is 2.34. The third-order valence-corrected chi connectivity index (χ3v) is 3.60. The van der Waals surface area contributed by atoms with E-state index in [-0.39, 0.29) is 11.9 Å². The first-order valence-electron chi connectivity index (χ1n) is 7.57. The third-order valence-electron chi connectivity index (χ3n) is 3.60. The van der Waals surface area contributed by atoms with Crippen molar-refractivity contribution >= 4 is 0 Å². The normalized spacial score (nSPS) is 12.6. The van der Waals surface area contributed by atoms with Crippen LogP contribution in [0.3, 0.4) is 0 Å². The average molecular weight is 286 g/mol. The second-order valence-corrected chi connectivity index (χ2v) is 5.58. The summed E-state index contributed by atoms with van der Waals surface area (Å²) < 4.78 is 14.1. The zero-order valence-electron chi connectivity index (χ0n) is 12.9. The Kier molecular flexibility index (Phi) is 5.45. The number of nitrogens with one attached hydrogen (secondary N) is 1. The molecule has 0 saturated carbocycles. The molecule has 2 nitrogen and oxygen atoms in total. The minimum atomic E-state index is -0.265. The largest absolute Gasteiger partial charge is 0.305 e. The first-order chi connectivity index (χ1) is 10.1. The summed E-state index contributed by atoms with van der Waals surface area (Å²) in [4.78, 5) is 4.23. The zero-order valence-corrected chi connectivity index (χ0v) is 12.9. The molecule has 0 aliphatic heterocycles. The fourth-order valence-electron chi connectivity index (χ4n) is 2.34. The van der Waals surface area contributed by atoms with Crippen molar-refractivity contribution in [2.75, 3.05) is 6.54 Å². The number of benzene rings is 1. The predicted octanol–water partition coefficient (Wildman–Crippen LogP) is 4.43. The second-order valence-electron chi connectivity index (χ2n) is 5.58. The molecule has 112 valence electrons. The number of hydrogen-bond donors (Lipinski definition) is 1. The molecule has 0 spiro atoms. The highest BCUT2D eigenvalue weighted by atomic mass is 19.1. The van der Waals surface area contributed by atoms with Gasteiger partial charge in [0.1, 0.15) is 5.82 Å². The summed E-state index contributed by atoms with van der Waals surface area (Å²) in [7, 11) is 0. The van der Waals surface area contributed by atoms with Gasteiger partial charge in [0.25, 0.3) is 0 Å². The van der Waals surface area contributed by atoms with Crippen molar-refractivity contribution in [1.82, 2.24) is 10.3 Å². The number of halogens is 1. The molecule has 0 aliphatic rings. The molecule has 3 heteroatoms. The molecule has 1 aromatic heterocycles. The van der Waals surface area contributed by atoms with Crippen molar-refractivity contribution in [2.24, 2.45) is 0 Å². The van der Waals surface area contributed by atoms with Crippen LogP contribution in [0, 0.1) is 5.82 Å². The average Bonchev–Trinajstić information content (AvgIpc) is 2.50. The lowest BCUT2D eigenvalue weighted by Gasteiger charge is -2.19. The van der Waals surface area contributed by atoms with Crippen LogP contribution >= 0.6 is 0 Å². The van der Waals surface area contributed by atoms with E-state index >= 15 is 0 Å². The smallest absolute Gasteiger partial charge is 0.146 e. The van der Waals surface area contributed by atoms with Crippen LogP contribution in [0.4, 0.5) is 4.39 Å². The topological polar surface area (TPSA) is 24.9 Å². The van der Waals surface area contributed by atoms with E-state index < -0.39 is 0 Å². The van der Waals surface area contributed by atoms with Crippen molar-refractivity contribution < 1.29 is 4.39 Å². The van der Waals surface area contributed by atoms with E-state index in [9.17, 15) is 4.39 Å². The van der Waals surface area contributed by atoms with Crippen LogP contribution in [-0.4, -0.2) is 11.5 Å². The highest BCUT2D eigenvalue weighted by molar-refractivity contribution is 5.32. The molecule has 21 heavy (non-hydrogen) atoms. The lowest BCUT2D eigenvalue weighted by molar-refractivity contribution is 0.531. The maximum atomic E-state index is 14.1. The Balaban J connectivity index is 2.33. The molecular formula is C18H23FN2. The van der Waals surface area contributed by atoms with Crippen LogP contribution in [0.15, 0.2) is 42.6 Å². The zero-order chi connectivity index (χ0) is 15.2. The van der Waals surface area contributed by atoms with Gasteiger partial charge in [0, 0.05) is 6.20 Å². The van der Waals surface area contributed by atoms with Gasteiger partial charge in [-0.2, -0.15) is 0 Å². The van der Waals surface area contributed by atoms with Crippen LogP contribution in [0.25, 0.3) is 0 Å². The molecule has 2 aromatic rings. The van der Waals surface area contributed by atoms with Gasteiger partial charge in [-0.15, -0.1) is 0 Å². The number of pyridine rings is 1. The van der Waals surface area contributed by atoms with Gasteiger partial charge in [0.2, 0.25) is 0 Å². The van der Waals surface area contributed by atoms with Crippen molar-refractivity contribution in [3.8, 4) is 0 Å². The number of aromatic nitrogens is 1. The van der Waals surface area contributed by atoms with Gasteiger partial charge < -0.3 is 5.32 Å². The van der Waals surface area contributed by atoms with E-state index in [4.69, 9.17) is 0 Å². The van der Waals surface area contributed by atoms with Crippen molar-refractivity contribution in [2.45, 2.75) is 39.2 Å². The molecule has 1 atom stereocenters. The van der Waals surface area contributed by atoms with Crippen LogP contribution in [0.1, 0.15) is 56.0 Å². The summed E-state index contributed by atoms with van der Waals surface area (Å²) in [5.41, 5.74) is 2.79. The second kappa shape index (κ2) is 7.32. The lowest BCUT2D eigenvalue weighted by atomic mass is 9.97. The number of rotatable bonds is 6. The molecule has 0 amide bonds. The minimum absolute atomic E-state index is 0.202. The molecule has 0 bridgehead atoms. The molecule has 0 saturated heterocycles. The van der Waals surface area contributed by atoms with E-state index in [2.05, 4.69) is 55.3 Å². The van der Waals surface area contributed by atoms with Crippen LogP contribution in [-0.2, 0) is 0 Å². The SMILES string of the molecule is CCCNC(c1ccc(C(C)C)cc1)c1ncccc1F. The summed E-state index contributed by atoms with van der Waals surface area (Å²) in [6.07, 6.45) is 2.64. The molecule has 0 radical (unpaired) electrons. The van der Waals surface area contributed by atoms with E-state index in [1.165, 1.54) is 11.6 Å². The van der Waals surface area contributed by atoms with E-state index in [1.54, 1.807) is 12.3 Å². The quantitative estimate of drug-likeness (QED) is 0.849. The number of nitrogens with zero attached hydrogens (tertiary/aromatic N) is 1. The Bertz CT molecular complexity index is 564. The molecule has 1 heterocycles. The summed E-state index contributed by atoms with van der Waals surface area (Å²) in [6.45, 7) is 7.26. The standard InChI is InChI=1S/C18H23FN2/c1-4-11-20-17(18-16(19)6-5-12-21-18)15-9-7-14(8-10-15)13(2)3/h5-10,12-13,17,20H,4,11H2,1-3H3. The van der Waals surface area contributed by atoms with Crippen molar-refractivity contribution in [3.05, 3.63) is 65.2 Å². The molecule has 1 N–H and O–H groups in total. The van der Waals surface area contributed by atoms with Gasteiger partial charge >= 0.3 is 0 Å². The lowest BCUT2D eigenvalue weighted by Crippen LogP contribution is -2.25. The van der Waals surface area contributed by atoms with Gasteiger partial charge in [0.15, 0.2) is 0 Å². The van der Waals surface area contributed by atoms with Crippen LogP contribution in [0.5, 0.6) is 0 Å². The molecule has 1 unspecified atom stereocenters. The Morgan fingerprint density at radius 2 is 1.76 bits per heavy atom. The van der Waals surface area contributed by atoms with Gasteiger partial charge in [0.05, 0.1) is 11.7 Å². The molecule has 1 aromatic carbocycles. The maximum absolute atomic E-state index is 14.1. The fraction of sp³-hybridized carbons (Fsp3) is 0.389. The minimum Gasteiger partial charge on any atom is -0.305 e. The van der Waals surface area contributed by atoms with Gasteiger partial charge in [-0.3, -0.25) is 4.98 Å². The summed E-state index contributed by atoms with van der Waals surface area (Å²) in [5.74, 6) is 0.228. The monoisotopic (exact) mass is 286 g/mol. The van der Waals surface area contributed by atoms with Crippen molar-refractivity contribution in [1.29, 1.82) is 0 Å². The highest BCUT2D eigenvalue weighted by Crippen LogP contribution is 2.24. The molecule has 0 aliphatic carbocycles. The van der Waals surface area contributed by atoms with Gasteiger partial charge in [-0.1, -0.05) is 45.0 Å². The first kappa shape index (κ1) is 15.6. The molecule has 0 fully saturated rings. The first-order valence-corrected chi connectivity index (χ1v) is 7.57. The summed E-state index contributed by atoms with van der Waals surface area (Å²) in [6, 6.07) is 11.2. The Morgan fingerprint density at radius 3 is 2.33 bits per heavy atom. The summed E-state index contributed by atoms with van der Waals surface area (Å²) in [5, 5.41) is 3.39. The van der Waals surface area contributed by atoms with Gasteiger partial charge in [-0.25, -0.2) is 4.39 Å². The van der Waals surface area contributed by atoms with Crippen molar-refractivity contribution in [3.63, 3.8) is 0 Å². The maximum Gasteiger partial charge on any atom is 0.146 e. The molecular weight excluding hydrogens is 263 g/mol. The third kappa shape index (κ3) is 3.88. The Morgan fingerprint density at radius 1 is 1.10 bits per heavy atom. The summed E-state index contributed by atoms with van der Waals surface area (Å²) >= 11 is 0. The predicted molar refractivity (Wildman–Crippen MR) is 84.9 cm³/mol. The van der Waals surface area contributed by atoms with E-state index in [0.717, 1.165) is 18.5 Å². The Labute approximate surface area is 126 Å². The van der Waals surface area contributed by atoms with Crippen LogP contribution in [0.2, 0.25) is 0 Å². The van der Waals surface area contributed by atoms with E-state index in [1.807, 2.05) is 0 Å². The van der Waals surface area contributed by atoms with Gasteiger partial charge in [-0.05, 0) is 42.1 Å². The number of hydrogen-bond acceptors (Lipinski definition) is 2. The highest BCUT2D eigenvalue weighted by Gasteiger charge is 2.18.